The second-order valence-electron chi connectivity index (χ2n) is 6.04. The maximum atomic E-state index is 12.8. The third-order valence-corrected chi connectivity index (χ3v) is 4.49. The predicted octanol–water partition coefficient (Wildman–Crippen LogP) is 2.79. The molecule has 0 spiro atoms. The maximum Gasteiger partial charge on any atom is 0.328 e. The molecule has 1 aliphatic heterocycles. The molecule has 2 atom stereocenters. The van der Waals surface area contributed by atoms with Crippen LogP contribution in [0.4, 0.5) is 0 Å². The van der Waals surface area contributed by atoms with Crippen molar-refractivity contribution in [1.82, 2.24) is 4.90 Å². The molecule has 2 unspecified atom stereocenters. The van der Waals surface area contributed by atoms with E-state index in [1.165, 1.54) is 0 Å². The molecule has 1 fully saturated rings. The van der Waals surface area contributed by atoms with Crippen molar-refractivity contribution in [3.8, 4) is 0 Å². The molecule has 0 saturated carbocycles. The lowest BCUT2D eigenvalue weighted by atomic mass is 9.99. The van der Waals surface area contributed by atoms with E-state index in [0.29, 0.717) is 19.4 Å². The summed E-state index contributed by atoms with van der Waals surface area (Å²) in [5.74, 6) is -0.262. The molecule has 0 aliphatic carbocycles. The molecular formula is C18H25NO3. The van der Waals surface area contributed by atoms with E-state index in [4.69, 9.17) is 4.74 Å². The van der Waals surface area contributed by atoms with Gasteiger partial charge < -0.3 is 9.64 Å². The zero-order valence-corrected chi connectivity index (χ0v) is 13.9. The maximum absolute atomic E-state index is 12.8. The van der Waals surface area contributed by atoms with E-state index in [9.17, 15) is 9.59 Å². The average molecular weight is 303 g/mol. The summed E-state index contributed by atoms with van der Waals surface area (Å²) in [7, 11) is 0. The van der Waals surface area contributed by atoms with Crippen molar-refractivity contribution in [3.63, 3.8) is 0 Å². The topological polar surface area (TPSA) is 46.6 Å². The van der Waals surface area contributed by atoms with Crippen LogP contribution >= 0.6 is 0 Å². The lowest BCUT2D eigenvalue weighted by molar-refractivity contribution is -0.153. The van der Waals surface area contributed by atoms with Crippen LogP contribution in [0, 0.1) is 13.8 Å². The minimum atomic E-state index is -0.424. The Bertz CT molecular complexity index is 547. The fraction of sp³-hybridized carbons (Fsp3) is 0.556. The van der Waals surface area contributed by atoms with Crippen LogP contribution in [0.3, 0.4) is 0 Å². The van der Waals surface area contributed by atoms with Crippen molar-refractivity contribution in [1.29, 1.82) is 0 Å². The largest absolute Gasteiger partial charge is 0.464 e. The number of ether oxygens (including phenoxy) is 1. The number of aryl methyl sites for hydroxylation is 2. The summed E-state index contributed by atoms with van der Waals surface area (Å²) < 4.78 is 5.12. The molecule has 1 aromatic rings. The molecule has 0 bridgehead atoms. The summed E-state index contributed by atoms with van der Waals surface area (Å²) >= 11 is 0. The first-order valence-electron chi connectivity index (χ1n) is 7.98. The van der Waals surface area contributed by atoms with Crippen molar-refractivity contribution in [2.75, 3.05) is 6.61 Å². The summed E-state index contributed by atoms with van der Waals surface area (Å²) in [6.45, 7) is 8.18. The van der Waals surface area contributed by atoms with E-state index in [-0.39, 0.29) is 17.9 Å². The van der Waals surface area contributed by atoms with Crippen LogP contribution in [0.1, 0.15) is 43.4 Å². The van der Waals surface area contributed by atoms with Gasteiger partial charge in [-0.25, -0.2) is 4.79 Å². The summed E-state index contributed by atoms with van der Waals surface area (Å²) in [4.78, 5) is 26.6. The molecular weight excluding hydrogens is 278 g/mol. The molecule has 0 radical (unpaired) electrons. The van der Waals surface area contributed by atoms with Crippen LogP contribution in [-0.2, 0) is 20.7 Å². The third-order valence-electron chi connectivity index (χ3n) is 4.49. The van der Waals surface area contributed by atoms with E-state index in [0.717, 1.165) is 23.1 Å². The van der Waals surface area contributed by atoms with E-state index >= 15 is 0 Å². The van der Waals surface area contributed by atoms with Crippen LogP contribution < -0.4 is 0 Å². The van der Waals surface area contributed by atoms with Gasteiger partial charge in [0.1, 0.15) is 6.04 Å². The van der Waals surface area contributed by atoms with E-state index in [2.05, 4.69) is 0 Å². The fourth-order valence-corrected chi connectivity index (χ4v) is 3.24. The Kier molecular flexibility index (Phi) is 5.22. The lowest BCUT2D eigenvalue weighted by Gasteiger charge is -2.27. The number of hydrogen-bond donors (Lipinski definition) is 0. The minimum absolute atomic E-state index is 0.0143. The molecule has 1 saturated heterocycles. The first-order chi connectivity index (χ1) is 10.5. The Morgan fingerprint density at radius 1 is 1.23 bits per heavy atom. The van der Waals surface area contributed by atoms with E-state index in [1.807, 2.05) is 39.0 Å². The van der Waals surface area contributed by atoms with Crippen LogP contribution in [0.2, 0.25) is 0 Å². The van der Waals surface area contributed by atoms with Gasteiger partial charge in [0.2, 0.25) is 5.91 Å². The normalized spacial score (nSPS) is 21.0. The van der Waals surface area contributed by atoms with Crippen LogP contribution in [0.5, 0.6) is 0 Å². The van der Waals surface area contributed by atoms with Gasteiger partial charge >= 0.3 is 5.97 Å². The Morgan fingerprint density at radius 3 is 2.45 bits per heavy atom. The monoisotopic (exact) mass is 303 g/mol. The first-order valence-corrected chi connectivity index (χ1v) is 7.98. The zero-order chi connectivity index (χ0) is 16.3. The summed E-state index contributed by atoms with van der Waals surface area (Å²) in [5.41, 5.74) is 3.30. The third kappa shape index (κ3) is 3.32. The van der Waals surface area contributed by atoms with E-state index in [1.54, 1.807) is 11.8 Å². The number of amides is 1. The first kappa shape index (κ1) is 16.5. The van der Waals surface area contributed by atoms with Gasteiger partial charge in [0.05, 0.1) is 13.0 Å². The molecule has 1 aliphatic rings. The van der Waals surface area contributed by atoms with Crippen LogP contribution in [0.25, 0.3) is 0 Å². The van der Waals surface area contributed by atoms with Gasteiger partial charge in [0, 0.05) is 6.04 Å². The highest BCUT2D eigenvalue weighted by Gasteiger charge is 2.39. The molecule has 120 valence electrons. The zero-order valence-electron chi connectivity index (χ0n) is 13.9. The summed E-state index contributed by atoms with van der Waals surface area (Å²) in [6, 6.07) is 5.70. The van der Waals surface area contributed by atoms with Gasteiger partial charge in [-0.2, -0.15) is 0 Å². The van der Waals surface area contributed by atoms with Crippen LogP contribution in [-0.4, -0.2) is 35.5 Å². The quantitative estimate of drug-likeness (QED) is 0.804. The molecule has 2 rings (SSSR count). The number of benzene rings is 1. The summed E-state index contributed by atoms with van der Waals surface area (Å²) in [6.07, 6.45) is 1.89. The molecule has 0 aromatic heterocycles. The van der Waals surface area contributed by atoms with E-state index < -0.39 is 6.04 Å². The Labute approximate surface area is 132 Å². The van der Waals surface area contributed by atoms with Gasteiger partial charge in [-0.3, -0.25) is 4.79 Å². The van der Waals surface area contributed by atoms with Gasteiger partial charge in [0.15, 0.2) is 0 Å². The van der Waals surface area contributed by atoms with Crippen molar-refractivity contribution in [2.24, 2.45) is 0 Å². The number of carbonyl (C=O) groups is 2. The average Bonchev–Trinajstić information content (AvgIpc) is 2.85. The van der Waals surface area contributed by atoms with Gasteiger partial charge in [-0.05, 0) is 57.2 Å². The molecule has 1 aromatic carbocycles. The van der Waals surface area contributed by atoms with Gasteiger partial charge in [-0.15, -0.1) is 0 Å². The molecule has 22 heavy (non-hydrogen) atoms. The summed E-state index contributed by atoms with van der Waals surface area (Å²) in [5, 5.41) is 0. The van der Waals surface area contributed by atoms with Gasteiger partial charge in [-0.1, -0.05) is 18.2 Å². The minimum Gasteiger partial charge on any atom is -0.464 e. The molecule has 1 heterocycles. The standard InChI is InChI=1S/C18H25NO3/c1-5-22-18(21)16-10-9-14(4)19(16)17(20)11-15-12(2)7-6-8-13(15)3/h6-8,14,16H,5,9-11H2,1-4H3. The van der Waals surface area contributed by atoms with Gasteiger partial charge in [0.25, 0.3) is 0 Å². The van der Waals surface area contributed by atoms with Crippen molar-refractivity contribution in [2.45, 2.75) is 59.0 Å². The number of nitrogens with zero attached hydrogens (tertiary/aromatic N) is 1. The number of likely N-dealkylation sites (tertiary alicyclic amines) is 1. The second kappa shape index (κ2) is 6.95. The van der Waals surface area contributed by atoms with Crippen molar-refractivity contribution < 1.29 is 14.3 Å². The predicted molar refractivity (Wildman–Crippen MR) is 85.6 cm³/mol. The molecule has 1 amide bonds. The van der Waals surface area contributed by atoms with Crippen molar-refractivity contribution in [3.05, 3.63) is 34.9 Å². The smallest absolute Gasteiger partial charge is 0.328 e. The Balaban J connectivity index is 2.18. The molecule has 4 heteroatoms. The van der Waals surface area contributed by atoms with Crippen LogP contribution in [0.15, 0.2) is 18.2 Å². The number of rotatable bonds is 4. The second-order valence-corrected chi connectivity index (χ2v) is 6.04. The fourth-order valence-electron chi connectivity index (χ4n) is 3.24. The molecule has 4 nitrogen and oxygen atoms in total. The SMILES string of the molecule is CCOC(=O)C1CCC(C)N1C(=O)Cc1c(C)cccc1C. The highest BCUT2D eigenvalue weighted by Crippen LogP contribution is 2.26. The Hall–Kier alpha value is -1.84. The lowest BCUT2D eigenvalue weighted by Crippen LogP contribution is -2.45. The molecule has 0 N–H and O–H groups in total. The highest BCUT2D eigenvalue weighted by atomic mass is 16.5. The highest BCUT2D eigenvalue weighted by molar-refractivity contribution is 5.87. The number of hydrogen-bond acceptors (Lipinski definition) is 3. The number of esters is 1. The number of carbonyl (C=O) groups excluding carboxylic acids is 2. The van der Waals surface area contributed by atoms with Crippen molar-refractivity contribution >= 4 is 11.9 Å². The Morgan fingerprint density at radius 2 is 1.86 bits per heavy atom.